The zero-order valence-corrected chi connectivity index (χ0v) is 37.4. The normalized spacial score (nSPS) is 12.8. The molecule has 1 heterocycles. The molecule has 0 radical (unpaired) electrons. The first-order valence-corrected chi connectivity index (χ1v) is 24.2. The van der Waals surface area contributed by atoms with Crippen LogP contribution in [0.3, 0.4) is 0 Å². The van der Waals surface area contributed by atoms with Gasteiger partial charge in [-0.05, 0) is 131 Å². The minimum atomic E-state index is -6.17. The first-order chi connectivity index (χ1) is 31.4. The van der Waals surface area contributed by atoms with Gasteiger partial charge in [0, 0.05) is 15.2 Å². The molecule has 0 aromatic heterocycles. The lowest BCUT2D eigenvalue weighted by atomic mass is 9.90. The van der Waals surface area contributed by atoms with Crippen LogP contribution in [-0.4, -0.2) is 30.8 Å². The van der Waals surface area contributed by atoms with Crippen LogP contribution in [0, 0.1) is 0 Å². The summed E-state index contributed by atoms with van der Waals surface area (Å²) in [7, 11) is -6.34. The van der Waals surface area contributed by atoms with Crippen LogP contribution < -0.4 is 0 Å². The number of imide groups is 1. The number of aryl methyl sites for hydroxylation is 1. The summed E-state index contributed by atoms with van der Waals surface area (Å²) in [6.07, 6.45) is 2.50. The first-order valence-electron chi connectivity index (χ1n) is 20.7. The van der Waals surface area contributed by atoms with Crippen LogP contribution in [0.15, 0.2) is 219 Å². The molecular weight excluding hydrogens is 896 g/mol. The summed E-state index contributed by atoms with van der Waals surface area (Å²) in [5, 5.41) is 0.551. The zero-order chi connectivity index (χ0) is 45.6. The van der Waals surface area contributed by atoms with Crippen LogP contribution in [0.2, 0.25) is 0 Å². The molecular formula is C54H45F3NO5S3+. The molecule has 1 unspecified atom stereocenters. The van der Waals surface area contributed by atoms with Crippen molar-refractivity contribution >= 4 is 55.4 Å². The molecule has 1 aliphatic heterocycles. The maximum atomic E-state index is 12.6. The summed E-state index contributed by atoms with van der Waals surface area (Å²) >= 11 is 1.81. The second-order valence-electron chi connectivity index (χ2n) is 15.0. The maximum Gasteiger partial charge on any atom is 0.525 e. The van der Waals surface area contributed by atoms with Crippen molar-refractivity contribution in [1.82, 2.24) is 5.06 Å². The quantitative estimate of drug-likeness (QED) is 0.0690. The van der Waals surface area contributed by atoms with E-state index in [1.54, 1.807) is 23.9 Å². The maximum absolute atomic E-state index is 12.6. The summed E-state index contributed by atoms with van der Waals surface area (Å²) in [6.45, 7) is 2.01. The highest BCUT2D eigenvalue weighted by molar-refractivity contribution is 7.99. The Morgan fingerprint density at radius 3 is 1.50 bits per heavy atom. The predicted octanol–water partition coefficient (Wildman–Crippen LogP) is 14.5. The number of unbranched alkanes of at least 4 members (excludes halogenated alkanes) is 1. The molecule has 0 bridgehead atoms. The van der Waals surface area contributed by atoms with E-state index in [1.807, 2.05) is 6.92 Å². The van der Waals surface area contributed by atoms with E-state index in [0.29, 0.717) is 11.8 Å². The number of amides is 2. The molecule has 0 saturated heterocycles. The second-order valence-corrected chi connectivity index (χ2v) is 19.7. The van der Waals surface area contributed by atoms with Gasteiger partial charge in [0.1, 0.15) is 0 Å². The molecule has 334 valence electrons. The van der Waals surface area contributed by atoms with Crippen molar-refractivity contribution in [3.63, 3.8) is 0 Å². The molecule has 8 aromatic rings. The van der Waals surface area contributed by atoms with E-state index in [2.05, 4.69) is 168 Å². The number of alkyl halides is 3. The smallest absolute Gasteiger partial charge is 0.266 e. The van der Waals surface area contributed by atoms with E-state index >= 15 is 0 Å². The SMILES string of the molecule is C.CCCCc1ccc2c3c(cccc13)C(=O)N(OS(=O)(=O)C(F)(F)F)C2=O.c1ccc(-c2ccc(Sc3ccc([S+](c4ccccc4)c4ccc(-c5ccccc5)cc4)cc3)cc2)cc1. The van der Waals surface area contributed by atoms with Crippen molar-refractivity contribution in [2.24, 2.45) is 0 Å². The third-order valence-electron chi connectivity index (χ3n) is 10.6. The van der Waals surface area contributed by atoms with Gasteiger partial charge in [0.15, 0.2) is 14.7 Å². The highest BCUT2D eigenvalue weighted by atomic mass is 32.2. The Balaban J connectivity index is 0.000000205. The molecule has 0 N–H and O–H groups in total. The first kappa shape index (κ1) is 47.5. The molecule has 12 heteroatoms. The highest BCUT2D eigenvalue weighted by Gasteiger charge is 2.51. The Kier molecular flexibility index (Phi) is 15.0. The van der Waals surface area contributed by atoms with E-state index in [0.717, 1.165) is 18.4 Å². The number of hydroxylamine groups is 2. The summed E-state index contributed by atoms with van der Waals surface area (Å²) in [6, 6.07) is 66.5. The van der Waals surface area contributed by atoms with Gasteiger partial charge in [-0.25, -0.2) is 0 Å². The van der Waals surface area contributed by atoms with Gasteiger partial charge in [-0.15, -0.1) is 9.35 Å². The Bertz CT molecular complexity index is 3020. The van der Waals surface area contributed by atoms with Crippen LogP contribution in [-0.2, 0) is 31.7 Å². The van der Waals surface area contributed by atoms with Crippen molar-refractivity contribution in [1.29, 1.82) is 0 Å². The average Bonchev–Trinajstić information content (AvgIpc) is 3.33. The van der Waals surface area contributed by atoms with Crippen molar-refractivity contribution < 1.29 is 35.5 Å². The van der Waals surface area contributed by atoms with Crippen molar-refractivity contribution in [2.45, 2.75) is 63.6 Å². The fourth-order valence-corrected chi connectivity index (χ4v) is 10.7. The van der Waals surface area contributed by atoms with Crippen LogP contribution in [0.5, 0.6) is 0 Å². The third kappa shape index (κ3) is 10.5. The van der Waals surface area contributed by atoms with Crippen LogP contribution >= 0.6 is 11.8 Å². The van der Waals surface area contributed by atoms with E-state index in [9.17, 15) is 31.2 Å². The lowest BCUT2D eigenvalue weighted by Gasteiger charge is -2.26. The number of benzene rings is 8. The van der Waals surface area contributed by atoms with Crippen LogP contribution in [0.25, 0.3) is 33.0 Å². The minimum absolute atomic E-state index is 0. The molecule has 2 amide bonds. The monoisotopic (exact) mass is 940 g/mol. The van der Waals surface area contributed by atoms with Crippen molar-refractivity contribution in [3.8, 4) is 22.3 Å². The Morgan fingerprint density at radius 1 is 0.545 bits per heavy atom. The highest BCUT2D eigenvalue weighted by Crippen LogP contribution is 2.37. The van der Waals surface area contributed by atoms with Gasteiger partial charge >= 0.3 is 15.6 Å². The summed E-state index contributed by atoms with van der Waals surface area (Å²) < 4.78 is 64.1. The van der Waals surface area contributed by atoms with Gasteiger partial charge in [-0.2, -0.15) is 21.6 Å². The number of carbonyl (C=O) groups is 2. The largest absolute Gasteiger partial charge is 0.525 e. The molecule has 0 spiro atoms. The van der Waals surface area contributed by atoms with Crippen LogP contribution in [0.4, 0.5) is 13.2 Å². The number of nitrogens with zero attached hydrogens (tertiary/aromatic N) is 1. The van der Waals surface area contributed by atoms with E-state index in [-0.39, 0.29) is 39.9 Å². The number of hydrogen-bond acceptors (Lipinski definition) is 6. The third-order valence-corrected chi connectivity index (χ3v) is 14.8. The Morgan fingerprint density at radius 2 is 0.985 bits per heavy atom. The fraction of sp³-hybridized carbons (Fsp3) is 0.111. The van der Waals surface area contributed by atoms with E-state index in [4.69, 9.17) is 0 Å². The van der Waals surface area contributed by atoms with Crippen LogP contribution in [0.1, 0.15) is 53.5 Å². The predicted molar refractivity (Wildman–Crippen MR) is 259 cm³/mol. The van der Waals surface area contributed by atoms with Gasteiger partial charge in [0.05, 0.1) is 22.0 Å². The molecule has 1 aliphatic rings. The molecule has 1 atom stereocenters. The Hall–Kier alpha value is -6.44. The Labute approximate surface area is 390 Å². The van der Waals surface area contributed by atoms with E-state index < -0.39 is 27.4 Å². The lowest BCUT2D eigenvalue weighted by molar-refractivity contribution is -0.0761. The summed E-state index contributed by atoms with van der Waals surface area (Å²) in [4.78, 5) is 31.5. The van der Waals surface area contributed by atoms with Crippen molar-refractivity contribution in [3.05, 3.63) is 211 Å². The zero-order valence-electron chi connectivity index (χ0n) is 34.9. The summed E-state index contributed by atoms with van der Waals surface area (Å²) in [5.41, 5.74) is -0.100. The number of halogens is 3. The fourth-order valence-electron chi connectivity index (χ4n) is 7.43. The minimum Gasteiger partial charge on any atom is -0.266 e. The molecule has 8 aromatic carbocycles. The summed E-state index contributed by atoms with van der Waals surface area (Å²) in [5.74, 6) is -2.53. The van der Waals surface area contributed by atoms with Gasteiger partial charge in [0.2, 0.25) is 0 Å². The van der Waals surface area contributed by atoms with Crippen molar-refractivity contribution in [2.75, 3.05) is 0 Å². The topological polar surface area (TPSA) is 80.8 Å². The molecule has 0 aliphatic carbocycles. The van der Waals surface area contributed by atoms with Gasteiger partial charge in [0.25, 0.3) is 11.8 Å². The van der Waals surface area contributed by atoms with E-state index in [1.165, 1.54) is 64.9 Å². The molecule has 0 fully saturated rings. The number of carbonyl (C=O) groups excluding carboxylic acids is 2. The standard InChI is InChI=1S/C36H27S2.C17H14F3NO5S.CH4/c1-4-10-28(11-5-1)30-16-20-32(21-17-30)37-33-22-26-36(27-23-33)38(34-14-8-3-9-15-34)35-24-18-31(19-25-35)29-12-6-2-7-13-29;1-2-3-5-10-8-9-13-14-11(10)6-4-7-12(14)15(22)21(16(13)23)26-27(24,25)17(18,19)20;/h1-27H;4,6-9H,2-3,5H2,1H3;1H4/q+1;;. The second kappa shape index (κ2) is 20.8. The lowest BCUT2D eigenvalue weighted by Crippen LogP contribution is -2.44. The van der Waals surface area contributed by atoms with Gasteiger partial charge < -0.3 is 0 Å². The van der Waals surface area contributed by atoms with Gasteiger partial charge in [-0.3, -0.25) is 9.59 Å². The average molecular weight is 941 g/mol. The molecule has 0 saturated carbocycles. The molecule has 66 heavy (non-hydrogen) atoms. The molecule has 9 rings (SSSR count). The number of rotatable bonds is 12. The van der Waals surface area contributed by atoms with Gasteiger partial charge in [-0.1, -0.05) is 142 Å². The molecule has 6 nitrogen and oxygen atoms in total. The number of hydrogen-bond donors (Lipinski definition) is 0.